The van der Waals surface area contributed by atoms with Crippen molar-refractivity contribution in [2.24, 2.45) is 5.92 Å². The van der Waals surface area contributed by atoms with Gasteiger partial charge in [0.2, 0.25) is 0 Å². The molecule has 0 bridgehead atoms. The number of ketones is 1. The molecule has 0 heterocycles. The number of Topliss-reactive ketones (excluding diaryl/α,β-unsaturated/α-hetero) is 1. The monoisotopic (exact) mass is 168 g/mol. The first-order valence-corrected chi connectivity index (χ1v) is 3.91. The highest BCUT2D eigenvalue weighted by atomic mass is 16.5. The van der Waals surface area contributed by atoms with E-state index in [4.69, 9.17) is 4.74 Å². The molecule has 2 nitrogen and oxygen atoms in total. The average Bonchev–Trinajstić information content (AvgIpc) is 1.98. The fourth-order valence-electron chi connectivity index (χ4n) is 0.698. The van der Waals surface area contributed by atoms with Crippen molar-refractivity contribution >= 4 is 5.78 Å². The second-order valence-corrected chi connectivity index (χ2v) is 2.93. The molecule has 0 fully saturated rings. The van der Waals surface area contributed by atoms with Gasteiger partial charge < -0.3 is 4.74 Å². The number of allylic oxidation sites excluding steroid dienone is 3. The maximum atomic E-state index is 10.9. The molecule has 0 amide bonds. The highest BCUT2D eigenvalue weighted by Crippen LogP contribution is 2.12. The van der Waals surface area contributed by atoms with Gasteiger partial charge in [-0.05, 0) is 18.9 Å². The summed E-state index contributed by atoms with van der Waals surface area (Å²) in [4.78, 5) is 10.9. The van der Waals surface area contributed by atoms with E-state index in [1.807, 2.05) is 13.8 Å². The van der Waals surface area contributed by atoms with Crippen LogP contribution < -0.4 is 0 Å². The van der Waals surface area contributed by atoms with Crippen molar-refractivity contribution in [1.82, 2.24) is 0 Å². The summed E-state index contributed by atoms with van der Waals surface area (Å²) in [6, 6.07) is 0. The highest BCUT2D eigenvalue weighted by molar-refractivity contribution is 5.91. The van der Waals surface area contributed by atoms with Gasteiger partial charge in [0.15, 0.2) is 11.5 Å². The van der Waals surface area contributed by atoms with Gasteiger partial charge >= 0.3 is 0 Å². The fraction of sp³-hybridized carbons (Fsp3) is 0.500. The number of ether oxygens (including phenoxy) is 1. The summed E-state index contributed by atoms with van der Waals surface area (Å²) in [6.07, 6.45) is 1.78. The minimum Gasteiger partial charge on any atom is -0.493 e. The summed E-state index contributed by atoms with van der Waals surface area (Å²) in [5.74, 6) is 0.542. The molecule has 0 aromatic rings. The lowest BCUT2D eigenvalue weighted by molar-refractivity contribution is -0.116. The van der Waals surface area contributed by atoms with E-state index in [2.05, 4.69) is 6.58 Å². The third kappa shape index (κ3) is 3.37. The molecule has 0 rings (SSSR count). The maximum absolute atomic E-state index is 10.9. The summed E-state index contributed by atoms with van der Waals surface area (Å²) < 4.78 is 4.90. The van der Waals surface area contributed by atoms with Gasteiger partial charge in [0, 0.05) is 6.92 Å². The lowest BCUT2D eigenvalue weighted by atomic mass is 10.0. The van der Waals surface area contributed by atoms with Crippen molar-refractivity contribution < 1.29 is 9.53 Å². The van der Waals surface area contributed by atoms with Crippen LogP contribution in [-0.4, -0.2) is 12.9 Å². The summed E-state index contributed by atoms with van der Waals surface area (Å²) in [5, 5.41) is 0. The molecule has 0 N–H and O–H groups in total. The van der Waals surface area contributed by atoms with Crippen molar-refractivity contribution in [1.29, 1.82) is 0 Å². The summed E-state index contributed by atoms with van der Waals surface area (Å²) in [7, 11) is 1.50. The largest absolute Gasteiger partial charge is 0.493 e. The predicted octanol–water partition coefficient (Wildman–Crippen LogP) is 2.32. The lowest BCUT2D eigenvalue weighted by Gasteiger charge is -2.07. The van der Waals surface area contributed by atoms with Crippen LogP contribution in [0.1, 0.15) is 20.8 Å². The zero-order valence-electron chi connectivity index (χ0n) is 8.18. The lowest BCUT2D eigenvalue weighted by Crippen LogP contribution is -2.02. The molecule has 0 radical (unpaired) electrons. The van der Waals surface area contributed by atoms with E-state index in [9.17, 15) is 4.79 Å². The second-order valence-electron chi connectivity index (χ2n) is 2.93. The van der Waals surface area contributed by atoms with Crippen molar-refractivity contribution in [3.8, 4) is 0 Å². The van der Waals surface area contributed by atoms with Crippen LogP contribution in [0.3, 0.4) is 0 Å². The van der Waals surface area contributed by atoms with Gasteiger partial charge in [0.25, 0.3) is 0 Å². The highest BCUT2D eigenvalue weighted by Gasteiger charge is 2.06. The normalized spacial score (nSPS) is 13.8. The molecule has 2 heteroatoms. The van der Waals surface area contributed by atoms with E-state index in [-0.39, 0.29) is 11.7 Å². The Balaban J connectivity index is 4.48. The predicted molar refractivity (Wildman–Crippen MR) is 49.8 cm³/mol. The Kier molecular flexibility index (Phi) is 4.34. The van der Waals surface area contributed by atoms with E-state index in [0.717, 1.165) is 5.57 Å². The van der Waals surface area contributed by atoms with Gasteiger partial charge in [-0.15, -0.1) is 0 Å². The second kappa shape index (κ2) is 4.75. The Morgan fingerprint density at radius 3 is 2.25 bits per heavy atom. The molecule has 1 atom stereocenters. The van der Waals surface area contributed by atoms with Crippen LogP contribution in [0.2, 0.25) is 0 Å². The number of hydrogen-bond donors (Lipinski definition) is 0. The number of methoxy groups -OCH3 is 1. The first-order chi connectivity index (χ1) is 5.49. The number of hydrogen-bond acceptors (Lipinski definition) is 2. The van der Waals surface area contributed by atoms with Crippen molar-refractivity contribution in [2.75, 3.05) is 7.11 Å². The first kappa shape index (κ1) is 11.0. The van der Waals surface area contributed by atoms with Crippen LogP contribution in [0.25, 0.3) is 0 Å². The quantitative estimate of drug-likeness (QED) is 0.366. The Hall–Kier alpha value is -1.05. The molecule has 0 saturated carbocycles. The number of rotatable bonds is 4. The molecule has 1 unspecified atom stereocenters. The van der Waals surface area contributed by atoms with E-state index in [1.54, 1.807) is 6.08 Å². The van der Waals surface area contributed by atoms with E-state index in [1.165, 1.54) is 14.0 Å². The Labute approximate surface area is 73.9 Å². The fourth-order valence-corrected chi connectivity index (χ4v) is 0.698. The Morgan fingerprint density at radius 2 is 2.00 bits per heavy atom. The minimum atomic E-state index is -0.0504. The van der Waals surface area contributed by atoms with Gasteiger partial charge in [-0.3, -0.25) is 4.79 Å². The third-order valence-electron chi connectivity index (χ3n) is 1.75. The van der Waals surface area contributed by atoms with Gasteiger partial charge in [0.1, 0.15) is 0 Å². The SMILES string of the molecule is C=C(C)C(C)C=C(OC)C(C)=O. The summed E-state index contributed by atoms with van der Waals surface area (Å²) in [6.45, 7) is 9.18. The van der Waals surface area contributed by atoms with Gasteiger partial charge in [-0.1, -0.05) is 19.1 Å². The standard InChI is InChI=1S/C10H16O2/c1-7(2)8(3)6-10(12-5)9(4)11/h6,8H,1H2,2-5H3. The van der Waals surface area contributed by atoms with E-state index < -0.39 is 0 Å². The first-order valence-electron chi connectivity index (χ1n) is 3.91. The smallest absolute Gasteiger partial charge is 0.193 e. The van der Waals surface area contributed by atoms with Crippen LogP contribution in [0.5, 0.6) is 0 Å². The van der Waals surface area contributed by atoms with E-state index in [0.29, 0.717) is 5.76 Å². The molecule has 68 valence electrons. The van der Waals surface area contributed by atoms with Crippen molar-refractivity contribution in [3.63, 3.8) is 0 Å². The molecule has 0 aromatic carbocycles. The van der Waals surface area contributed by atoms with Gasteiger partial charge in [-0.25, -0.2) is 0 Å². The molecule has 0 spiro atoms. The van der Waals surface area contributed by atoms with Crippen LogP contribution in [0.15, 0.2) is 24.0 Å². The Morgan fingerprint density at radius 1 is 1.50 bits per heavy atom. The number of carbonyl (C=O) groups is 1. The maximum Gasteiger partial charge on any atom is 0.193 e. The molecule has 0 aliphatic carbocycles. The average molecular weight is 168 g/mol. The van der Waals surface area contributed by atoms with E-state index >= 15 is 0 Å². The zero-order chi connectivity index (χ0) is 9.72. The summed E-state index contributed by atoms with van der Waals surface area (Å²) >= 11 is 0. The summed E-state index contributed by atoms with van der Waals surface area (Å²) in [5.41, 5.74) is 1.02. The number of carbonyl (C=O) groups excluding carboxylic acids is 1. The topological polar surface area (TPSA) is 26.3 Å². The van der Waals surface area contributed by atoms with Crippen molar-refractivity contribution in [3.05, 3.63) is 24.0 Å². The van der Waals surface area contributed by atoms with Gasteiger partial charge in [-0.2, -0.15) is 0 Å². The molecule has 0 aliphatic heterocycles. The molecule has 0 aliphatic rings. The molecular formula is C10H16O2. The Bertz CT molecular complexity index is 214. The van der Waals surface area contributed by atoms with Crippen molar-refractivity contribution in [2.45, 2.75) is 20.8 Å². The van der Waals surface area contributed by atoms with Crippen LogP contribution >= 0.6 is 0 Å². The minimum absolute atomic E-state index is 0.0504. The zero-order valence-corrected chi connectivity index (χ0v) is 8.18. The molecular weight excluding hydrogens is 152 g/mol. The molecule has 0 saturated heterocycles. The van der Waals surface area contributed by atoms with Crippen LogP contribution in [0, 0.1) is 5.92 Å². The van der Waals surface area contributed by atoms with Crippen LogP contribution in [-0.2, 0) is 9.53 Å². The van der Waals surface area contributed by atoms with Gasteiger partial charge in [0.05, 0.1) is 7.11 Å². The third-order valence-corrected chi connectivity index (χ3v) is 1.75. The molecule has 12 heavy (non-hydrogen) atoms. The van der Waals surface area contributed by atoms with Crippen LogP contribution in [0.4, 0.5) is 0 Å². The molecule has 0 aromatic heterocycles.